The zero-order chi connectivity index (χ0) is 4.12. The van der Waals surface area contributed by atoms with E-state index >= 15 is 0 Å². The van der Waals surface area contributed by atoms with Crippen molar-refractivity contribution in [1.82, 2.24) is 0 Å². The van der Waals surface area contributed by atoms with Gasteiger partial charge >= 0.3 is 0 Å². The Morgan fingerprint density at radius 1 is 1.80 bits per heavy atom. The fraction of sp³-hybridized carbons (Fsp3) is 0. The lowest BCUT2D eigenvalue weighted by atomic mass is 10.7. The van der Waals surface area contributed by atoms with Gasteiger partial charge in [-0.2, -0.15) is 5.26 Å². The molecule has 0 atom stereocenters. The van der Waals surface area contributed by atoms with E-state index in [0.717, 1.165) is 0 Å². The van der Waals surface area contributed by atoms with Crippen molar-refractivity contribution in [2.45, 2.75) is 0 Å². The Bertz CT molecular complexity index is 69.5. The molecule has 0 spiro atoms. The molecule has 1 nitrogen and oxygen atoms in total. The summed E-state index contributed by atoms with van der Waals surface area (Å²) in [7, 11) is 0. The molecule has 0 aromatic carbocycles. The second-order valence-electron chi connectivity index (χ2n) is 0.422. The first-order chi connectivity index (χ1) is 2.41. The summed E-state index contributed by atoms with van der Waals surface area (Å²) >= 11 is 1.98. The summed E-state index contributed by atoms with van der Waals surface area (Å²) in [6, 6.07) is 1.83. The normalized spacial score (nSPS) is 8.00. The molecular formula is C3H2IN. The van der Waals surface area contributed by atoms with Crippen LogP contribution in [-0.4, -0.2) is 0 Å². The van der Waals surface area contributed by atoms with Crippen LogP contribution >= 0.6 is 22.6 Å². The van der Waals surface area contributed by atoms with Gasteiger partial charge in [0.15, 0.2) is 0 Å². The van der Waals surface area contributed by atoms with E-state index in [2.05, 4.69) is 0 Å². The lowest BCUT2D eigenvalue weighted by Crippen LogP contribution is -1.30. The third kappa shape index (κ3) is 3.96. The van der Waals surface area contributed by atoms with Gasteiger partial charge in [0.1, 0.15) is 0 Å². The van der Waals surface area contributed by atoms with Crippen LogP contribution in [0.15, 0.2) is 10.2 Å². The van der Waals surface area contributed by atoms with Crippen LogP contribution in [0.3, 0.4) is 0 Å². The van der Waals surface area contributed by atoms with Gasteiger partial charge < -0.3 is 0 Å². The molecule has 0 aromatic rings. The van der Waals surface area contributed by atoms with Crippen LogP contribution < -0.4 is 0 Å². The maximum atomic E-state index is 7.72. The highest BCUT2D eigenvalue weighted by atomic mass is 127. The first-order valence-electron chi connectivity index (χ1n) is 1.06. The van der Waals surface area contributed by atoms with Crippen LogP contribution in [0.2, 0.25) is 0 Å². The highest BCUT2D eigenvalue weighted by Crippen LogP contribution is 1.78. The number of allylic oxidation sites excluding steroid dienone is 1. The minimum Gasteiger partial charge on any atom is -0.193 e. The van der Waals surface area contributed by atoms with Crippen molar-refractivity contribution in [1.29, 1.82) is 5.26 Å². The maximum absolute atomic E-state index is 7.72. The van der Waals surface area contributed by atoms with Crippen molar-refractivity contribution >= 4 is 22.6 Å². The molecule has 5 heavy (non-hydrogen) atoms. The summed E-state index contributed by atoms with van der Waals surface area (Å²) in [5.74, 6) is 0. The van der Waals surface area contributed by atoms with Gasteiger partial charge in [-0.15, -0.1) is 0 Å². The van der Waals surface area contributed by atoms with E-state index in [0.29, 0.717) is 0 Å². The molecule has 26 valence electrons. The van der Waals surface area contributed by atoms with Crippen LogP contribution in [0.4, 0.5) is 0 Å². The van der Waals surface area contributed by atoms with Crippen molar-refractivity contribution in [2.24, 2.45) is 0 Å². The average molecular weight is 179 g/mol. The predicted molar refractivity (Wildman–Crippen MR) is 28.8 cm³/mol. The number of nitriles is 1. The van der Waals surface area contributed by atoms with E-state index in [1.54, 1.807) is 4.08 Å². The second kappa shape index (κ2) is 3.96. The summed E-state index contributed by atoms with van der Waals surface area (Å²) in [5, 5.41) is 7.72. The Morgan fingerprint density at radius 3 is 2.40 bits per heavy atom. The quantitative estimate of drug-likeness (QED) is 0.407. The summed E-state index contributed by atoms with van der Waals surface area (Å²) < 4.78 is 1.66. The molecule has 0 amide bonds. The van der Waals surface area contributed by atoms with Gasteiger partial charge in [0.2, 0.25) is 0 Å². The molecule has 0 unspecified atom stereocenters. The van der Waals surface area contributed by atoms with Gasteiger partial charge in [-0.05, 0) is 4.08 Å². The van der Waals surface area contributed by atoms with Gasteiger partial charge in [-0.25, -0.2) is 0 Å². The van der Waals surface area contributed by atoms with E-state index in [1.165, 1.54) is 6.08 Å². The summed E-state index contributed by atoms with van der Waals surface area (Å²) in [6.45, 7) is 0. The Kier molecular flexibility index (Phi) is 3.93. The van der Waals surface area contributed by atoms with Gasteiger partial charge in [-0.3, -0.25) is 0 Å². The van der Waals surface area contributed by atoms with Gasteiger partial charge in [0, 0.05) is 6.08 Å². The second-order valence-corrected chi connectivity index (χ2v) is 1.14. The van der Waals surface area contributed by atoms with Crippen molar-refractivity contribution in [3.05, 3.63) is 10.2 Å². The zero-order valence-electron chi connectivity index (χ0n) is 2.48. The number of rotatable bonds is 0. The third-order valence-electron chi connectivity index (χ3n) is 0.138. The molecule has 0 heterocycles. The Hall–Kier alpha value is -0.0400. The van der Waals surface area contributed by atoms with Crippen LogP contribution in [0.5, 0.6) is 0 Å². The molecule has 0 aliphatic carbocycles. The predicted octanol–water partition coefficient (Wildman–Crippen LogP) is 1.46. The first-order valence-corrected chi connectivity index (χ1v) is 2.31. The van der Waals surface area contributed by atoms with Gasteiger partial charge in [-0.1, -0.05) is 22.6 Å². The highest BCUT2D eigenvalue weighted by molar-refractivity contribution is 14.1. The van der Waals surface area contributed by atoms with Crippen molar-refractivity contribution in [3.8, 4) is 6.07 Å². The summed E-state index contributed by atoms with van der Waals surface area (Å²) in [4.78, 5) is 0. The van der Waals surface area contributed by atoms with Crippen molar-refractivity contribution in [2.75, 3.05) is 0 Å². The van der Waals surface area contributed by atoms with Gasteiger partial charge in [0.05, 0.1) is 6.07 Å². The molecule has 0 rings (SSSR count). The largest absolute Gasteiger partial charge is 0.193 e. The maximum Gasteiger partial charge on any atom is 0.0916 e. The van der Waals surface area contributed by atoms with E-state index in [1.807, 2.05) is 28.7 Å². The number of hydrogen-bond donors (Lipinski definition) is 0. The Morgan fingerprint density at radius 2 is 2.40 bits per heavy atom. The van der Waals surface area contributed by atoms with E-state index in [9.17, 15) is 0 Å². The molecule has 0 aliphatic rings. The van der Waals surface area contributed by atoms with Crippen molar-refractivity contribution < 1.29 is 0 Å². The fourth-order valence-corrected chi connectivity index (χ4v) is 0.189. The minimum atomic E-state index is 1.42. The van der Waals surface area contributed by atoms with Crippen LogP contribution in [0, 0.1) is 11.3 Å². The third-order valence-corrected chi connectivity index (χ3v) is 0.497. The topological polar surface area (TPSA) is 23.8 Å². The number of nitrogens with zero attached hydrogens (tertiary/aromatic N) is 1. The molecule has 0 saturated carbocycles. The molecular weight excluding hydrogens is 177 g/mol. The smallest absolute Gasteiger partial charge is 0.0916 e. The summed E-state index contributed by atoms with van der Waals surface area (Å²) in [5.41, 5.74) is 0. The lowest BCUT2D eigenvalue weighted by molar-refractivity contribution is 1.54. The van der Waals surface area contributed by atoms with Gasteiger partial charge in [0.25, 0.3) is 0 Å². The van der Waals surface area contributed by atoms with Crippen LogP contribution in [-0.2, 0) is 0 Å². The molecule has 0 radical (unpaired) electrons. The molecule has 0 bridgehead atoms. The molecule has 2 heteroatoms. The van der Waals surface area contributed by atoms with E-state index < -0.39 is 0 Å². The SMILES string of the molecule is N#C/C=C/I. The fourth-order valence-electron chi connectivity index (χ4n) is 0.0282. The minimum absolute atomic E-state index is 1.42. The Balaban J connectivity index is 3.04. The average Bonchev–Trinajstić information content (AvgIpc) is 1.41. The first kappa shape index (κ1) is 4.96. The highest BCUT2D eigenvalue weighted by Gasteiger charge is 1.47. The monoisotopic (exact) mass is 179 g/mol. The Labute approximate surface area is 44.4 Å². The summed E-state index contributed by atoms with van der Waals surface area (Å²) in [6.07, 6.45) is 1.42. The molecule has 0 fully saturated rings. The molecule has 0 aromatic heterocycles. The molecule has 0 N–H and O–H groups in total. The van der Waals surface area contributed by atoms with Crippen LogP contribution in [0.1, 0.15) is 0 Å². The molecule has 0 aliphatic heterocycles. The number of halogens is 1. The number of hydrogen-bond acceptors (Lipinski definition) is 1. The van der Waals surface area contributed by atoms with E-state index in [-0.39, 0.29) is 0 Å². The standard InChI is InChI=1S/C3H2IN/c4-2-1-3-5/h1-2H/b2-1+. The zero-order valence-corrected chi connectivity index (χ0v) is 4.64. The van der Waals surface area contributed by atoms with E-state index in [4.69, 9.17) is 5.26 Å². The molecule has 0 saturated heterocycles. The lowest BCUT2D eigenvalue weighted by Gasteiger charge is -1.45. The van der Waals surface area contributed by atoms with Crippen molar-refractivity contribution in [3.63, 3.8) is 0 Å². The van der Waals surface area contributed by atoms with Crippen LogP contribution in [0.25, 0.3) is 0 Å².